The first-order chi connectivity index (χ1) is 15.4. The second kappa shape index (κ2) is 10.7. The summed E-state index contributed by atoms with van der Waals surface area (Å²) in [5, 5.41) is 3.43. The average molecular weight is 459 g/mol. The Hall–Kier alpha value is -2.84. The van der Waals surface area contributed by atoms with Gasteiger partial charge in [0, 0.05) is 30.1 Å². The minimum Gasteiger partial charge on any atom is -0.493 e. The standard InChI is InChI=1S/C24H30N2O5S/c1-6-31-24(28)22-17-11-12-26(15(2)3)14-20(17)32-23(22)25-21(27)10-8-16-7-9-18(29-4)19(13-16)30-5/h7-10,13,15H,6,11-12,14H2,1-5H3,(H,25,27)/b10-8+. The van der Waals surface area contributed by atoms with Crippen molar-refractivity contribution in [1.29, 1.82) is 0 Å². The molecule has 1 amide bonds. The number of hydrogen-bond donors (Lipinski definition) is 1. The van der Waals surface area contributed by atoms with E-state index in [4.69, 9.17) is 14.2 Å². The van der Waals surface area contributed by atoms with Gasteiger partial charge in [0.2, 0.25) is 5.91 Å². The van der Waals surface area contributed by atoms with Gasteiger partial charge in [0.25, 0.3) is 0 Å². The Morgan fingerprint density at radius 1 is 1.22 bits per heavy atom. The van der Waals surface area contributed by atoms with Crippen LogP contribution in [0.3, 0.4) is 0 Å². The lowest BCUT2D eigenvalue weighted by molar-refractivity contribution is -0.111. The monoisotopic (exact) mass is 458 g/mol. The number of rotatable bonds is 8. The summed E-state index contributed by atoms with van der Waals surface area (Å²) in [6.07, 6.45) is 3.89. The third kappa shape index (κ3) is 5.31. The van der Waals surface area contributed by atoms with E-state index in [1.807, 2.05) is 6.07 Å². The molecule has 0 radical (unpaired) electrons. The summed E-state index contributed by atoms with van der Waals surface area (Å²) in [5.74, 6) is 0.500. The lowest BCUT2D eigenvalue weighted by Gasteiger charge is -2.30. The number of benzene rings is 1. The molecule has 2 heterocycles. The fraction of sp³-hybridized carbons (Fsp3) is 0.417. The summed E-state index contributed by atoms with van der Waals surface area (Å²) in [7, 11) is 3.14. The van der Waals surface area contributed by atoms with Gasteiger partial charge in [-0.05, 0) is 56.5 Å². The van der Waals surface area contributed by atoms with E-state index in [1.165, 1.54) is 17.4 Å². The van der Waals surface area contributed by atoms with Gasteiger partial charge in [0.1, 0.15) is 5.00 Å². The molecular weight excluding hydrogens is 428 g/mol. The van der Waals surface area contributed by atoms with Crippen LogP contribution in [0.2, 0.25) is 0 Å². The molecule has 3 rings (SSSR count). The maximum absolute atomic E-state index is 12.7. The molecule has 0 spiro atoms. The van der Waals surface area contributed by atoms with E-state index < -0.39 is 0 Å². The molecule has 0 fully saturated rings. The Balaban J connectivity index is 1.82. The van der Waals surface area contributed by atoms with Crippen molar-refractivity contribution in [2.24, 2.45) is 0 Å². The van der Waals surface area contributed by atoms with Crippen molar-refractivity contribution < 1.29 is 23.8 Å². The Morgan fingerprint density at radius 2 is 1.97 bits per heavy atom. The first-order valence-electron chi connectivity index (χ1n) is 10.6. The predicted molar refractivity (Wildman–Crippen MR) is 127 cm³/mol. The number of hydrogen-bond acceptors (Lipinski definition) is 7. The zero-order valence-corrected chi connectivity index (χ0v) is 20.0. The van der Waals surface area contributed by atoms with Gasteiger partial charge in [-0.1, -0.05) is 6.07 Å². The van der Waals surface area contributed by atoms with E-state index in [9.17, 15) is 9.59 Å². The van der Waals surface area contributed by atoms with Crippen molar-refractivity contribution >= 4 is 34.3 Å². The summed E-state index contributed by atoms with van der Waals surface area (Å²) < 4.78 is 15.8. The Morgan fingerprint density at radius 3 is 2.62 bits per heavy atom. The summed E-state index contributed by atoms with van der Waals surface area (Å²) in [6.45, 7) is 8.02. The Kier molecular flexibility index (Phi) is 7.93. The molecule has 0 saturated heterocycles. The van der Waals surface area contributed by atoms with E-state index >= 15 is 0 Å². The molecule has 7 nitrogen and oxygen atoms in total. The highest BCUT2D eigenvalue weighted by molar-refractivity contribution is 7.17. The van der Waals surface area contributed by atoms with E-state index in [-0.39, 0.29) is 18.5 Å². The smallest absolute Gasteiger partial charge is 0.341 e. The number of carbonyl (C=O) groups excluding carboxylic acids is 2. The van der Waals surface area contributed by atoms with Gasteiger partial charge < -0.3 is 19.5 Å². The zero-order valence-electron chi connectivity index (χ0n) is 19.2. The number of methoxy groups -OCH3 is 2. The topological polar surface area (TPSA) is 77.1 Å². The molecule has 32 heavy (non-hydrogen) atoms. The minimum atomic E-state index is -0.387. The van der Waals surface area contributed by atoms with E-state index in [1.54, 1.807) is 39.4 Å². The SMILES string of the molecule is CCOC(=O)c1c(NC(=O)/C=C/c2ccc(OC)c(OC)c2)sc2c1CCN(C(C)C)C2. The highest BCUT2D eigenvalue weighted by atomic mass is 32.1. The fourth-order valence-corrected chi connectivity index (χ4v) is 4.92. The zero-order chi connectivity index (χ0) is 23.3. The summed E-state index contributed by atoms with van der Waals surface area (Å²) in [4.78, 5) is 28.8. The molecule has 0 saturated carbocycles. The molecule has 8 heteroatoms. The maximum atomic E-state index is 12.7. The first kappa shape index (κ1) is 23.8. The number of nitrogens with zero attached hydrogens (tertiary/aromatic N) is 1. The molecule has 2 aromatic rings. The van der Waals surface area contributed by atoms with Gasteiger partial charge >= 0.3 is 5.97 Å². The molecule has 1 N–H and O–H groups in total. The number of fused-ring (bicyclic) bond motifs is 1. The van der Waals surface area contributed by atoms with Crippen LogP contribution in [0.5, 0.6) is 11.5 Å². The number of anilines is 1. The molecule has 1 aromatic carbocycles. The second-order valence-electron chi connectivity index (χ2n) is 7.68. The van der Waals surface area contributed by atoms with Crippen molar-refractivity contribution in [3.8, 4) is 11.5 Å². The predicted octanol–water partition coefficient (Wildman–Crippen LogP) is 4.36. The number of thiophene rings is 1. The van der Waals surface area contributed by atoms with Gasteiger partial charge in [-0.15, -0.1) is 11.3 Å². The highest BCUT2D eigenvalue weighted by Gasteiger charge is 2.30. The van der Waals surface area contributed by atoms with Crippen LogP contribution >= 0.6 is 11.3 Å². The summed E-state index contributed by atoms with van der Waals surface area (Å²) >= 11 is 1.45. The third-order valence-electron chi connectivity index (χ3n) is 5.37. The van der Waals surface area contributed by atoms with Crippen LogP contribution in [-0.4, -0.2) is 50.2 Å². The van der Waals surface area contributed by atoms with Crippen LogP contribution in [0, 0.1) is 0 Å². The summed E-state index contributed by atoms with van der Waals surface area (Å²) in [6, 6.07) is 5.82. The molecule has 0 atom stereocenters. The number of ether oxygens (including phenoxy) is 3. The molecule has 0 aliphatic carbocycles. The fourth-order valence-electron chi connectivity index (χ4n) is 3.65. The van der Waals surface area contributed by atoms with Gasteiger partial charge in [-0.2, -0.15) is 0 Å². The maximum Gasteiger partial charge on any atom is 0.341 e. The average Bonchev–Trinajstić information content (AvgIpc) is 3.14. The van der Waals surface area contributed by atoms with Crippen LogP contribution in [-0.2, 0) is 22.5 Å². The third-order valence-corrected chi connectivity index (χ3v) is 6.50. The van der Waals surface area contributed by atoms with Crippen molar-refractivity contribution in [3.05, 3.63) is 45.8 Å². The second-order valence-corrected chi connectivity index (χ2v) is 8.78. The lowest BCUT2D eigenvalue weighted by atomic mass is 10.0. The number of amides is 1. The Labute approximate surface area is 193 Å². The summed E-state index contributed by atoms with van der Waals surface area (Å²) in [5.41, 5.74) is 2.27. The quantitative estimate of drug-likeness (QED) is 0.468. The van der Waals surface area contributed by atoms with Crippen molar-refractivity contribution in [2.45, 2.75) is 39.8 Å². The normalized spacial score (nSPS) is 13.8. The lowest BCUT2D eigenvalue weighted by Crippen LogP contribution is -2.35. The van der Waals surface area contributed by atoms with Crippen LogP contribution in [0.15, 0.2) is 24.3 Å². The van der Waals surface area contributed by atoms with Crippen molar-refractivity contribution in [1.82, 2.24) is 4.90 Å². The van der Waals surface area contributed by atoms with Gasteiger partial charge in [0.15, 0.2) is 11.5 Å². The van der Waals surface area contributed by atoms with Gasteiger partial charge in [0.05, 0.1) is 26.4 Å². The van der Waals surface area contributed by atoms with Crippen LogP contribution < -0.4 is 14.8 Å². The van der Waals surface area contributed by atoms with Gasteiger partial charge in [-0.3, -0.25) is 9.69 Å². The number of esters is 1. The number of carbonyl (C=O) groups is 2. The molecule has 1 aliphatic heterocycles. The van der Waals surface area contributed by atoms with Crippen LogP contribution in [0.4, 0.5) is 5.00 Å². The molecule has 0 unspecified atom stereocenters. The minimum absolute atomic E-state index is 0.286. The molecular formula is C24H30N2O5S. The van der Waals surface area contributed by atoms with Crippen LogP contribution in [0.1, 0.15) is 47.1 Å². The number of nitrogens with one attached hydrogen (secondary N) is 1. The molecule has 1 aromatic heterocycles. The van der Waals surface area contributed by atoms with Crippen molar-refractivity contribution in [3.63, 3.8) is 0 Å². The van der Waals surface area contributed by atoms with Crippen molar-refractivity contribution in [2.75, 3.05) is 32.7 Å². The van der Waals surface area contributed by atoms with Gasteiger partial charge in [-0.25, -0.2) is 4.79 Å². The highest BCUT2D eigenvalue weighted by Crippen LogP contribution is 2.38. The molecule has 0 bridgehead atoms. The largest absolute Gasteiger partial charge is 0.493 e. The molecule has 1 aliphatic rings. The Bertz CT molecular complexity index is 1010. The van der Waals surface area contributed by atoms with Crippen LogP contribution in [0.25, 0.3) is 6.08 Å². The van der Waals surface area contributed by atoms with E-state index in [0.29, 0.717) is 28.1 Å². The first-order valence-corrected chi connectivity index (χ1v) is 11.5. The van der Waals surface area contributed by atoms with E-state index in [2.05, 4.69) is 24.1 Å². The van der Waals surface area contributed by atoms with E-state index in [0.717, 1.165) is 35.5 Å². The molecule has 172 valence electrons.